The molecule has 1 aromatic carbocycles. The Morgan fingerprint density at radius 3 is 2.57 bits per heavy atom. The van der Waals surface area contributed by atoms with Crippen LogP contribution in [-0.4, -0.2) is 27.2 Å². The summed E-state index contributed by atoms with van der Waals surface area (Å²) >= 11 is 0.996. The number of nitrogens with zero attached hydrogens (tertiary/aromatic N) is 2. The number of para-hydroxylation sites is 1. The Kier molecular flexibility index (Phi) is 3.66. The van der Waals surface area contributed by atoms with Gasteiger partial charge in [0.15, 0.2) is 0 Å². The molecule has 0 bridgehead atoms. The van der Waals surface area contributed by atoms with Crippen LogP contribution in [0, 0.1) is 0 Å². The number of carbonyl (C=O) groups excluding carboxylic acids is 2. The molecule has 4 nitrogen and oxygen atoms in total. The maximum absolute atomic E-state index is 12.0. The van der Waals surface area contributed by atoms with E-state index in [-0.39, 0.29) is 11.1 Å². The highest BCUT2D eigenvalue weighted by Gasteiger charge is 2.33. The van der Waals surface area contributed by atoms with E-state index in [0.29, 0.717) is 11.4 Å². The minimum absolute atomic E-state index is 0.198. The number of rotatable bonds is 3. The molecule has 0 atom stereocenters. The van der Waals surface area contributed by atoms with Crippen LogP contribution in [0.3, 0.4) is 0 Å². The van der Waals surface area contributed by atoms with Gasteiger partial charge in [-0.2, -0.15) is 0 Å². The van der Waals surface area contributed by atoms with Gasteiger partial charge >= 0.3 is 0 Å². The standard InChI is InChI=1S/C16H14N2O2S/c1-2-18-15(19)14(21-16(18)20)10-12-8-9-17(11-12)13-6-4-3-5-7-13/h3-11H,2H2,1H3/b14-10+. The van der Waals surface area contributed by atoms with Crippen LogP contribution in [0.25, 0.3) is 11.8 Å². The number of hydrogen-bond donors (Lipinski definition) is 0. The van der Waals surface area contributed by atoms with Crippen molar-refractivity contribution in [3.63, 3.8) is 0 Å². The average Bonchev–Trinajstić information content (AvgIpc) is 3.06. The molecule has 2 heterocycles. The van der Waals surface area contributed by atoms with Gasteiger partial charge in [0.05, 0.1) is 4.91 Å². The molecule has 1 aromatic heterocycles. The Morgan fingerprint density at radius 2 is 1.90 bits per heavy atom. The van der Waals surface area contributed by atoms with Gasteiger partial charge in [-0.25, -0.2) is 0 Å². The van der Waals surface area contributed by atoms with Gasteiger partial charge in [-0.05, 0) is 48.5 Å². The Labute approximate surface area is 127 Å². The number of amides is 2. The summed E-state index contributed by atoms with van der Waals surface area (Å²) < 4.78 is 1.98. The molecule has 106 valence electrons. The fourth-order valence-corrected chi connectivity index (χ4v) is 3.09. The van der Waals surface area contributed by atoms with Gasteiger partial charge < -0.3 is 4.57 Å². The van der Waals surface area contributed by atoms with Crippen molar-refractivity contribution in [3.8, 4) is 5.69 Å². The Hall–Kier alpha value is -2.27. The van der Waals surface area contributed by atoms with Gasteiger partial charge in [-0.1, -0.05) is 18.2 Å². The number of aromatic nitrogens is 1. The minimum Gasteiger partial charge on any atom is -0.323 e. The molecule has 1 aliphatic heterocycles. The number of imide groups is 1. The van der Waals surface area contributed by atoms with Crippen molar-refractivity contribution in [1.82, 2.24) is 9.47 Å². The van der Waals surface area contributed by atoms with Crippen LogP contribution >= 0.6 is 11.8 Å². The summed E-state index contributed by atoms with van der Waals surface area (Å²) in [5.41, 5.74) is 1.96. The van der Waals surface area contributed by atoms with Crippen molar-refractivity contribution >= 4 is 29.0 Å². The lowest BCUT2D eigenvalue weighted by molar-refractivity contribution is -0.122. The van der Waals surface area contributed by atoms with Gasteiger partial charge in [0.1, 0.15) is 0 Å². The monoisotopic (exact) mass is 298 g/mol. The van der Waals surface area contributed by atoms with E-state index in [1.54, 1.807) is 13.0 Å². The zero-order valence-electron chi connectivity index (χ0n) is 11.5. The summed E-state index contributed by atoms with van der Waals surface area (Å²) in [7, 11) is 0. The first-order chi connectivity index (χ1) is 10.2. The Balaban J connectivity index is 1.87. The van der Waals surface area contributed by atoms with Crippen LogP contribution in [0.5, 0.6) is 0 Å². The van der Waals surface area contributed by atoms with Gasteiger partial charge in [0.25, 0.3) is 11.1 Å². The normalized spacial score (nSPS) is 17.0. The molecule has 0 radical (unpaired) electrons. The third kappa shape index (κ3) is 2.64. The molecule has 0 aliphatic carbocycles. The molecule has 1 aliphatic rings. The lowest BCUT2D eigenvalue weighted by Gasteiger charge is -2.06. The molecule has 0 spiro atoms. The van der Waals surface area contributed by atoms with E-state index < -0.39 is 0 Å². The van der Waals surface area contributed by atoms with E-state index in [4.69, 9.17) is 0 Å². The van der Waals surface area contributed by atoms with Crippen LogP contribution in [0.15, 0.2) is 53.7 Å². The van der Waals surface area contributed by atoms with Gasteiger partial charge in [0, 0.05) is 24.6 Å². The summed E-state index contributed by atoms with van der Waals surface area (Å²) in [5, 5.41) is -0.198. The zero-order valence-corrected chi connectivity index (χ0v) is 12.3. The third-order valence-electron chi connectivity index (χ3n) is 3.26. The fourth-order valence-electron chi connectivity index (χ4n) is 2.18. The molecular formula is C16H14N2O2S. The number of thioether (sulfide) groups is 1. The van der Waals surface area contributed by atoms with Crippen molar-refractivity contribution in [2.24, 2.45) is 0 Å². The molecule has 21 heavy (non-hydrogen) atoms. The summed E-state index contributed by atoms with van der Waals surface area (Å²) in [4.78, 5) is 25.4. The zero-order chi connectivity index (χ0) is 14.8. The second-order valence-corrected chi connectivity index (χ2v) is 5.61. The van der Waals surface area contributed by atoms with E-state index in [9.17, 15) is 9.59 Å². The minimum atomic E-state index is -0.208. The quantitative estimate of drug-likeness (QED) is 0.814. The highest BCUT2D eigenvalue weighted by Crippen LogP contribution is 2.32. The van der Waals surface area contributed by atoms with Crippen molar-refractivity contribution in [2.75, 3.05) is 6.54 Å². The van der Waals surface area contributed by atoms with E-state index in [1.165, 1.54) is 4.90 Å². The topological polar surface area (TPSA) is 42.3 Å². The summed E-state index contributed by atoms with van der Waals surface area (Å²) in [6.45, 7) is 2.21. The predicted molar refractivity (Wildman–Crippen MR) is 84.1 cm³/mol. The van der Waals surface area contributed by atoms with Crippen molar-refractivity contribution in [2.45, 2.75) is 6.92 Å². The summed E-state index contributed by atoms with van der Waals surface area (Å²) in [6, 6.07) is 11.9. The van der Waals surface area contributed by atoms with Crippen molar-refractivity contribution < 1.29 is 9.59 Å². The van der Waals surface area contributed by atoms with E-state index >= 15 is 0 Å². The predicted octanol–water partition coefficient (Wildman–Crippen LogP) is 3.53. The van der Waals surface area contributed by atoms with Gasteiger partial charge in [-0.3, -0.25) is 14.5 Å². The highest BCUT2D eigenvalue weighted by molar-refractivity contribution is 8.18. The van der Waals surface area contributed by atoms with Gasteiger partial charge in [0.2, 0.25) is 0 Å². The van der Waals surface area contributed by atoms with E-state index in [2.05, 4.69) is 0 Å². The van der Waals surface area contributed by atoms with Crippen LogP contribution in [-0.2, 0) is 4.79 Å². The molecular weight excluding hydrogens is 284 g/mol. The largest absolute Gasteiger partial charge is 0.323 e. The van der Waals surface area contributed by atoms with E-state index in [1.807, 2.05) is 53.4 Å². The number of hydrogen-bond acceptors (Lipinski definition) is 3. The molecule has 2 aromatic rings. The van der Waals surface area contributed by atoms with Crippen LogP contribution in [0.2, 0.25) is 0 Å². The molecule has 5 heteroatoms. The van der Waals surface area contributed by atoms with Crippen LogP contribution in [0.1, 0.15) is 12.5 Å². The summed E-state index contributed by atoms with van der Waals surface area (Å²) in [6.07, 6.45) is 5.64. The van der Waals surface area contributed by atoms with Crippen molar-refractivity contribution in [1.29, 1.82) is 0 Å². The average molecular weight is 298 g/mol. The molecule has 0 N–H and O–H groups in total. The number of likely N-dealkylation sites (N-methyl/N-ethyl adjacent to an activating group) is 1. The van der Waals surface area contributed by atoms with Crippen LogP contribution in [0.4, 0.5) is 4.79 Å². The Morgan fingerprint density at radius 1 is 1.14 bits per heavy atom. The molecule has 1 fully saturated rings. The maximum Gasteiger partial charge on any atom is 0.293 e. The number of carbonyl (C=O) groups is 2. The first-order valence-corrected chi connectivity index (χ1v) is 7.49. The maximum atomic E-state index is 12.0. The molecule has 3 rings (SSSR count). The smallest absolute Gasteiger partial charge is 0.293 e. The first-order valence-electron chi connectivity index (χ1n) is 6.68. The second-order valence-electron chi connectivity index (χ2n) is 4.61. The Bertz CT molecular complexity index is 719. The van der Waals surface area contributed by atoms with Crippen molar-refractivity contribution in [3.05, 3.63) is 59.3 Å². The highest BCUT2D eigenvalue weighted by atomic mass is 32.2. The summed E-state index contributed by atoms with van der Waals surface area (Å²) in [5.74, 6) is -0.208. The molecule has 2 amide bonds. The number of benzene rings is 1. The van der Waals surface area contributed by atoms with Crippen LogP contribution < -0.4 is 0 Å². The lowest BCUT2D eigenvalue weighted by Crippen LogP contribution is -2.27. The first kappa shape index (κ1) is 13.7. The lowest BCUT2D eigenvalue weighted by atomic mass is 10.3. The molecule has 0 saturated carbocycles. The SMILES string of the molecule is CCN1C(=O)S/C(=C/c2ccn(-c3ccccc3)c2)C1=O. The van der Waals surface area contributed by atoms with Gasteiger partial charge in [-0.15, -0.1) is 0 Å². The third-order valence-corrected chi connectivity index (χ3v) is 4.17. The molecule has 1 saturated heterocycles. The molecule has 0 unspecified atom stereocenters. The van der Waals surface area contributed by atoms with E-state index in [0.717, 1.165) is 23.0 Å². The second kappa shape index (κ2) is 5.61. The fraction of sp³-hybridized carbons (Fsp3) is 0.125.